The molecule has 9 heteroatoms. The third-order valence-corrected chi connectivity index (χ3v) is 2.85. The number of ether oxygens (including phenoxy) is 4. The molecule has 1 rings (SSSR count). The van der Waals surface area contributed by atoms with Crippen molar-refractivity contribution in [3.05, 3.63) is 18.0 Å². The van der Waals surface area contributed by atoms with Gasteiger partial charge in [-0.1, -0.05) is 0 Å². The molecule has 1 aromatic rings. The van der Waals surface area contributed by atoms with Crippen molar-refractivity contribution in [3.63, 3.8) is 0 Å². The number of rotatable bonds is 3. The van der Waals surface area contributed by atoms with Crippen molar-refractivity contribution in [1.29, 1.82) is 0 Å². The van der Waals surface area contributed by atoms with E-state index in [-0.39, 0.29) is 17.1 Å². The van der Waals surface area contributed by atoms with E-state index in [1.807, 2.05) is 0 Å². The summed E-state index contributed by atoms with van der Waals surface area (Å²) < 4.78 is 20.4. The van der Waals surface area contributed by atoms with Crippen LogP contribution >= 0.6 is 0 Å². The van der Waals surface area contributed by atoms with Gasteiger partial charge in [0.1, 0.15) is 17.0 Å². The largest absolute Gasteiger partial charge is 0.495 e. The molecule has 0 unspecified atom stereocenters. The van der Waals surface area contributed by atoms with Crippen LogP contribution in [0.15, 0.2) is 12.3 Å². The fraction of sp³-hybridized carbons (Fsp3) is 0.556. The molecule has 0 N–H and O–H groups in total. The predicted octanol–water partition coefficient (Wildman–Crippen LogP) is 3.55. The summed E-state index contributed by atoms with van der Waals surface area (Å²) in [6.07, 6.45) is -0.799. The molecule has 0 bridgehead atoms. The first-order valence-electron chi connectivity index (χ1n) is 8.17. The van der Waals surface area contributed by atoms with Crippen LogP contribution in [-0.2, 0) is 14.2 Å². The number of imide groups is 1. The van der Waals surface area contributed by atoms with Crippen molar-refractivity contribution in [2.75, 3.05) is 19.1 Å². The summed E-state index contributed by atoms with van der Waals surface area (Å²) in [7, 11) is 2.53. The zero-order valence-electron chi connectivity index (χ0n) is 16.9. The van der Waals surface area contributed by atoms with Crippen molar-refractivity contribution >= 4 is 23.8 Å². The molecule has 150 valence electrons. The molecule has 0 spiro atoms. The Morgan fingerprint density at radius 3 is 1.78 bits per heavy atom. The Bertz CT molecular complexity index is 689. The van der Waals surface area contributed by atoms with Gasteiger partial charge in [-0.2, -0.15) is 4.90 Å². The summed E-state index contributed by atoms with van der Waals surface area (Å²) in [5.41, 5.74) is -2.23. The summed E-state index contributed by atoms with van der Waals surface area (Å²) in [6.45, 7) is 9.85. The van der Waals surface area contributed by atoms with Crippen LogP contribution < -0.4 is 9.64 Å². The van der Waals surface area contributed by atoms with E-state index in [9.17, 15) is 14.4 Å². The average molecular weight is 382 g/mol. The second-order valence-corrected chi connectivity index (χ2v) is 7.53. The maximum atomic E-state index is 12.7. The van der Waals surface area contributed by atoms with Crippen LogP contribution in [0, 0.1) is 0 Å². The molecule has 9 nitrogen and oxygen atoms in total. The predicted molar refractivity (Wildman–Crippen MR) is 97.1 cm³/mol. The van der Waals surface area contributed by atoms with Gasteiger partial charge in [0.2, 0.25) is 0 Å². The van der Waals surface area contributed by atoms with Crippen molar-refractivity contribution < 1.29 is 33.3 Å². The Balaban J connectivity index is 3.55. The highest BCUT2D eigenvalue weighted by atomic mass is 16.6. The fourth-order valence-electron chi connectivity index (χ4n) is 1.86. The van der Waals surface area contributed by atoms with Gasteiger partial charge in [-0.05, 0) is 41.5 Å². The maximum Gasteiger partial charge on any atom is 0.424 e. The Labute approximate surface area is 158 Å². The second-order valence-electron chi connectivity index (χ2n) is 7.53. The number of pyridine rings is 1. The van der Waals surface area contributed by atoms with E-state index in [0.717, 1.165) is 7.11 Å². The Kier molecular flexibility index (Phi) is 6.77. The first kappa shape index (κ1) is 22.2. The van der Waals surface area contributed by atoms with Gasteiger partial charge in [-0.15, -0.1) is 0 Å². The highest BCUT2D eigenvalue weighted by molar-refractivity contribution is 6.13. The van der Waals surface area contributed by atoms with E-state index in [2.05, 4.69) is 9.72 Å². The third kappa shape index (κ3) is 6.43. The van der Waals surface area contributed by atoms with Crippen LogP contribution in [0.4, 0.5) is 15.3 Å². The number of carbonyl (C=O) groups excluding carboxylic acids is 3. The number of carbonyl (C=O) groups is 3. The second kappa shape index (κ2) is 8.24. The molecule has 0 aliphatic rings. The molecule has 1 heterocycles. The van der Waals surface area contributed by atoms with Crippen LogP contribution in [0.3, 0.4) is 0 Å². The molecule has 0 saturated carbocycles. The smallest absolute Gasteiger partial charge is 0.424 e. The number of hydrogen-bond acceptors (Lipinski definition) is 8. The van der Waals surface area contributed by atoms with Crippen molar-refractivity contribution in [2.45, 2.75) is 52.7 Å². The molecule has 0 atom stereocenters. The number of esters is 1. The normalized spacial score (nSPS) is 11.4. The van der Waals surface area contributed by atoms with E-state index < -0.39 is 29.4 Å². The number of nitrogens with zero attached hydrogens (tertiary/aromatic N) is 2. The zero-order chi connectivity index (χ0) is 21.0. The lowest BCUT2D eigenvalue weighted by atomic mass is 10.2. The highest BCUT2D eigenvalue weighted by Crippen LogP contribution is 2.28. The molecule has 0 radical (unpaired) electrons. The topological polar surface area (TPSA) is 104 Å². The zero-order valence-corrected chi connectivity index (χ0v) is 16.9. The standard InChI is InChI=1S/C18H26N2O7/c1-17(2,3)26-15(22)20(16(23)27-18(4,5)6)12-9-11(24-7)10-19-13(12)14(21)25-8/h9-10H,1-8H3. The first-order valence-corrected chi connectivity index (χ1v) is 8.17. The summed E-state index contributed by atoms with van der Waals surface area (Å²) >= 11 is 0. The van der Waals surface area contributed by atoms with Gasteiger partial charge >= 0.3 is 18.2 Å². The molecule has 2 amide bonds. The number of methoxy groups -OCH3 is 2. The van der Waals surface area contributed by atoms with Crippen LogP contribution in [0.2, 0.25) is 0 Å². The molecule has 0 aromatic carbocycles. The van der Waals surface area contributed by atoms with Gasteiger partial charge in [0, 0.05) is 6.07 Å². The lowest BCUT2D eigenvalue weighted by Gasteiger charge is -2.29. The lowest BCUT2D eigenvalue weighted by Crippen LogP contribution is -2.44. The van der Waals surface area contributed by atoms with Crippen LogP contribution in [0.1, 0.15) is 52.0 Å². The first-order chi connectivity index (χ1) is 12.3. The molecule has 1 aromatic heterocycles. The summed E-state index contributed by atoms with van der Waals surface area (Å²) in [5.74, 6) is -0.625. The van der Waals surface area contributed by atoms with Crippen LogP contribution in [0.5, 0.6) is 5.75 Å². The third-order valence-electron chi connectivity index (χ3n) is 2.85. The minimum Gasteiger partial charge on any atom is -0.495 e. The van der Waals surface area contributed by atoms with Gasteiger partial charge < -0.3 is 18.9 Å². The minimum absolute atomic E-state index is 0.176. The van der Waals surface area contributed by atoms with Gasteiger partial charge in [-0.25, -0.2) is 19.4 Å². The number of amides is 2. The number of hydrogen-bond donors (Lipinski definition) is 0. The van der Waals surface area contributed by atoms with Crippen molar-refractivity contribution in [1.82, 2.24) is 4.98 Å². The molecule has 0 aliphatic carbocycles. The van der Waals surface area contributed by atoms with Crippen molar-refractivity contribution in [3.8, 4) is 5.75 Å². The molecule has 0 fully saturated rings. The van der Waals surface area contributed by atoms with E-state index in [4.69, 9.17) is 14.2 Å². The van der Waals surface area contributed by atoms with Gasteiger partial charge in [-0.3, -0.25) is 0 Å². The summed E-state index contributed by atoms with van der Waals surface area (Å²) in [6, 6.07) is 1.30. The van der Waals surface area contributed by atoms with Gasteiger partial charge in [0.15, 0.2) is 5.69 Å². The Morgan fingerprint density at radius 2 is 1.41 bits per heavy atom. The van der Waals surface area contributed by atoms with Gasteiger partial charge in [0.25, 0.3) is 0 Å². The van der Waals surface area contributed by atoms with Crippen LogP contribution in [0.25, 0.3) is 0 Å². The summed E-state index contributed by atoms with van der Waals surface area (Å²) in [4.78, 5) is 42.1. The fourth-order valence-corrected chi connectivity index (χ4v) is 1.86. The minimum atomic E-state index is -1.03. The molecular formula is C18H26N2O7. The molecule has 0 aliphatic heterocycles. The van der Waals surface area contributed by atoms with Gasteiger partial charge in [0.05, 0.1) is 26.1 Å². The Hall–Kier alpha value is -2.84. The quantitative estimate of drug-likeness (QED) is 0.577. The average Bonchev–Trinajstić information content (AvgIpc) is 2.50. The molecule has 27 heavy (non-hydrogen) atoms. The van der Waals surface area contributed by atoms with E-state index in [1.54, 1.807) is 41.5 Å². The summed E-state index contributed by atoms with van der Waals surface area (Å²) in [5, 5.41) is 0. The molecular weight excluding hydrogens is 356 g/mol. The monoisotopic (exact) mass is 382 g/mol. The number of aromatic nitrogens is 1. The number of anilines is 1. The lowest BCUT2D eigenvalue weighted by molar-refractivity contribution is 0.0430. The van der Waals surface area contributed by atoms with Crippen molar-refractivity contribution in [2.24, 2.45) is 0 Å². The van der Waals surface area contributed by atoms with E-state index in [1.165, 1.54) is 19.4 Å². The van der Waals surface area contributed by atoms with Crippen LogP contribution in [-0.4, -0.2) is 48.6 Å². The highest BCUT2D eigenvalue weighted by Gasteiger charge is 2.36. The van der Waals surface area contributed by atoms with E-state index >= 15 is 0 Å². The Morgan fingerprint density at radius 1 is 0.926 bits per heavy atom. The van der Waals surface area contributed by atoms with E-state index in [0.29, 0.717) is 4.90 Å². The maximum absolute atomic E-state index is 12.7. The SMILES string of the molecule is COC(=O)c1ncc(OC)cc1N(C(=O)OC(C)(C)C)C(=O)OC(C)(C)C. The molecule has 0 saturated heterocycles.